The number of nitriles is 1. The smallest absolute Gasteiger partial charge is 0.144 e. The topological polar surface area (TPSA) is 84.0 Å². The molecule has 0 spiro atoms. The van der Waals surface area contributed by atoms with Crippen LogP contribution >= 0.6 is 0 Å². The summed E-state index contributed by atoms with van der Waals surface area (Å²) in [4.78, 5) is 4.01. The van der Waals surface area contributed by atoms with Gasteiger partial charge in [0.05, 0.1) is 24.1 Å². The van der Waals surface area contributed by atoms with Crippen molar-refractivity contribution in [1.29, 1.82) is 5.26 Å². The first-order valence-corrected chi connectivity index (χ1v) is 4.16. The molecule has 0 amide bonds. The molecular weight excluding hydrogens is 180 g/mol. The van der Waals surface area contributed by atoms with Crippen LogP contribution < -0.4 is 11.1 Å². The van der Waals surface area contributed by atoms with Crippen LogP contribution in [0.15, 0.2) is 12.3 Å². The number of hydrogen-bond donors (Lipinski definition) is 2. The number of nitrogens with zero attached hydrogens (tertiary/aromatic N) is 2. The van der Waals surface area contributed by atoms with Crippen LogP contribution in [0.2, 0.25) is 0 Å². The Balaban J connectivity index is 2.72. The molecule has 0 saturated carbocycles. The van der Waals surface area contributed by atoms with Crippen molar-refractivity contribution in [3.8, 4) is 6.07 Å². The summed E-state index contributed by atoms with van der Waals surface area (Å²) < 4.78 is 4.86. The van der Waals surface area contributed by atoms with Crippen molar-refractivity contribution in [2.75, 3.05) is 31.3 Å². The van der Waals surface area contributed by atoms with Crippen LogP contribution in [0.4, 0.5) is 11.5 Å². The quantitative estimate of drug-likeness (QED) is 0.682. The Morgan fingerprint density at radius 3 is 3.14 bits per heavy atom. The molecule has 0 fully saturated rings. The lowest BCUT2D eigenvalue weighted by Crippen LogP contribution is -2.10. The summed E-state index contributed by atoms with van der Waals surface area (Å²) in [6.45, 7) is 1.18. The third kappa shape index (κ3) is 2.61. The van der Waals surface area contributed by atoms with E-state index in [4.69, 9.17) is 15.7 Å². The van der Waals surface area contributed by atoms with Gasteiger partial charge in [-0.05, 0) is 6.07 Å². The van der Waals surface area contributed by atoms with Gasteiger partial charge < -0.3 is 15.8 Å². The molecule has 0 aliphatic rings. The van der Waals surface area contributed by atoms with Gasteiger partial charge in [0.2, 0.25) is 0 Å². The van der Waals surface area contributed by atoms with Gasteiger partial charge in [-0.2, -0.15) is 5.26 Å². The van der Waals surface area contributed by atoms with Crippen molar-refractivity contribution in [1.82, 2.24) is 4.98 Å². The minimum atomic E-state index is 0.445. The van der Waals surface area contributed by atoms with Crippen molar-refractivity contribution in [3.63, 3.8) is 0 Å². The molecule has 0 saturated heterocycles. The number of aromatic nitrogens is 1. The van der Waals surface area contributed by atoms with Crippen LogP contribution in [0, 0.1) is 11.3 Å². The van der Waals surface area contributed by atoms with Gasteiger partial charge in [0.15, 0.2) is 0 Å². The molecule has 5 nitrogen and oxygen atoms in total. The summed E-state index contributed by atoms with van der Waals surface area (Å²) in [6, 6.07) is 3.60. The van der Waals surface area contributed by atoms with E-state index < -0.39 is 0 Å². The highest BCUT2D eigenvalue weighted by Gasteiger charge is 2.02. The average Bonchev–Trinajstić information content (AvgIpc) is 2.20. The molecule has 0 unspecified atom stereocenters. The maximum atomic E-state index is 8.78. The largest absolute Gasteiger partial charge is 0.397 e. The first-order chi connectivity index (χ1) is 6.77. The molecule has 0 atom stereocenters. The molecule has 14 heavy (non-hydrogen) atoms. The van der Waals surface area contributed by atoms with Crippen LogP contribution in [0.5, 0.6) is 0 Å². The second kappa shape index (κ2) is 5.04. The number of nitrogens with one attached hydrogen (secondary N) is 1. The predicted molar refractivity (Wildman–Crippen MR) is 53.7 cm³/mol. The zero-order valence-corrected chi connectivity index (χ0v) is 7.95. The highest BCUT2D eigenvalue weighted by molar-refractivity contribution is 5.57. The predicted octanol–water partition coefficient (Wildman–Crippen LogP) is 0.594. The summed E-state index contributed by atoms with van der Waals surface area (Å²) >= 11 is 0. The molecule has 1 heterocycles. The van der Waals surface area contributed by atoms with Gasteiger partial charge in [0, 0.05) is 13.7 Å². The third-order valence-corrected chi connectivity index (χ3v) is 1.63. The lowest BCUT2D eigenvalue weighted by atomic mass is 10.2. The van der Waals surface area contributed by atoms with E-state index in [1.54, 1.807) is 13.2 Å². The van der Waals surface area contributed by atoms with Crippen LogP contribution in [0.3, 0.4) is 0 Å². The van der Waals surface area contributed by atoms with E-state index in [0.717, 1.165) is 0 Å². The van der Waals surface area contributed by atoms with Crippen LogP contribution in [0.25, 0.3) is 0 Å². The van der Waals surface area contributed by atoms with E-state index in [2.05, 4.69) is 10.3 Å². The SMILES string of the molecule is COCCNc1ncc(N)cc1C#N. The molecule has 74 valence electrons. The second-order valence-electron chi connectivity index (χ2n) is 2.70. The molecule has 0 radical (unpaired) electrons. The van der Waals surface area contributed by atoms with Crippen molar-refractivity contribution < 1.29 is 4.74 Å². The molecule has 1 aromatic heterocycles. The Labute approximate surface area is 82.5 Å². The molecule has 0 aliphatic heterocycles. The minimum Gasteiger partial charge on any atom is -0.397 e. The Morgan fingerprint density at radius 1 is 1.71 bits per heavy atom. The summed E-state index contributed by atoms with van der Waals surface area (Å²) in [5, 5.41) is 11.8. The summed E-state index contributed by atoms with van der Waals surface area (Å²) in [5.41, 5.74) is 6.42. The molecular formula is C9H12N4O. The molecule has 1 aromatic rings. The molecule has 5 heteroatoms. The van der Waals surface area contributed by atoms with Gasteiger partial charge in [-0.3, -0.25) is 0 Å². The highest BCUT2D eigenvalue weighted by Crippen LogP contribution is 2.13. The van der Waals surface area contributed by atoms with Crippen molar-refractivity contribution in [2.45, 2.75) is 0 Å². The van der Waals surface area contributed by atoms with E-state index in [1.165, 1.54) is 6.20 Å². The number of methoxy groups -OCH3 is 1. The molecule has 3 N–H and O–H groups in total. The standard InChI is InChI=1S/C9H12N4O/c1-14-3-2-12-9-7(5-10)4-8(11)6-13-9/h4,6H,2-3,11H2,1H3,(H,12,13). The van der Waals surface area contributed by atoms with Gasteiger partial charge >= 0.3 is 0 Å². The van der Waals surface area contributed by atoms with Crippen molar-refractivity contribution in [3.05, 3.63) is 17.8 Å². The van der Waals surface area contributed by atoms with E-state index in [-0.39, 0.29) is 0 Å². The fourth-order valence-electron chi connectivity index (χ4n) is 0.979. The van der Waals surface area contributed by atoms with E-state index >= 15 is 0 Å². The first kappa shape index (κ1) is 10.3. The summed E-state index contributed by atoms with van der Waals surface area (Å²) in [5.74, 6) is 0.541. The van der Waals surface area contributed by atoms with Crippen LogP contribution in [-0.2, 0) is 4.74 Å². The number of rotatable bonds is 4. The van der Waals surface area contributed by atoms with E-state index in [0.29, 0.717) is 30.2 Å². The number of pyridine rings is 1. The number of nitrogen functional groups attached to an aromatic ring is 1. The van der Waals surface area contributed by atoms with Gasteiger partial charge in [-0.1, -0.05) is 0 Å². The number of nitrogens with two attached hydrogens (primary N) is 1. The fraction of sp³-hybridized carbons (Fsp3) is 0.333. The minimum absolute atomic E-state index is 0.445. The number of anilines is 2. The van der Waals surface area contributed by atoms with Gasteiger partial charge in [-0.15, -0.1) is 0 Å². The first-order valence-electron chi connectivity index (χ1n) is 4.16. The zero-order chi connectivity index (χ0) is 10.4. The Kier molecular flexibility index (Phi) is 3.70. The van der Waals surface area contributed by atoms with Gasteiger partial charge in [-0.25, -0.2) is 4.98 Å². The normalized spacial score (nSPS) is 9.43. The van der Waals surface area contributed by atoms with Crippen molar-refractivity contribution in [2.24, 2.45) is 0 Å². The summed E-state index contributed by atoms with van der Waals surface area (Å²) in [7, 11) is 1.61. The van der Waals surface area contributed by atoms with Crippen LogP contribution in [0.1, 0.15) is 5.56 Å². The number of hydrogen-bond acceptors (Lipinski definition) is 5. The van der Waals surface area contributed by atoms with Gasteiger partial charge in [0.1, 0.15) is 11.9 Å². The maximum absolute atomic E-state index is 8.78. The zero-order valence-electron chi connectivity index (χ0n) is 7.95. The van der Waals surface area contributed by atoms with Gasteiger partial charge in [0.25, 0.3) is 0 Å². The fourth-order valence-corrected chi connectivity index (χ4v) is 0.979. The second-order valence-corrected chi connectivity index (χ2v) is 2.70. The van der Waals surface area contributed by atoms with Crippen molar-refractivity contribution >= 4 is 11.5 Å². The average molecular weight is 192 g/mol. The molecule has 0 bridgehead atoms. The summed E-state index contributed by atoms with van der Waals surface area (Å²) in [6.07, 6.45) is 1.51. The third-order valence-electron chi connectivity index (χ3n) is 1.63. The maximum Gasteiger partial charge on any atom is 0.144 e. The molecule has 0 aliphatic carbocycles. The lowest BCUT2D eigenvalue weighted by Gasteiger charge is -2.06. The van der Waals surface area contributed by atoms with E-state index in [1.807, 2.05) is 6.07 Å². The van der Waals surface area contributed by atoms with E-state index in [9.17, 15) is 0 Å². The molecule has 0 aromatic carbocycles. The highest BCUT2D eigenvalue weighted by atomic mass is 16.5. The Morgan fingerprint density at radius 2 is 2.50 bits per heavy atom. The molecule has 1 rings (SSSR count). The number of ether oxygens (including phenoxy) is 1. The Bertz CT molecular complexity index is 345. The lowest BCUT2D eigenvalue weighted by molar-refractivity contribution is 0.210. The van der Waals surface area contributed by atoms with Crippen LogP contribution in [-0.4, -0.2) is 25.2 Å². The monoisotopic (exact) mass is 192 g/mol. The Hall–Kier alpha value is -1.80.